The van der Waals surface area contributed by atoms with Crippen molar-refractivity contribution in [1.29, 1.82) is 5.26 Å². The van der Waals surface area contributed by atoms with Crippen LogP contribution in [0.5, 0.6) is 11.5 Å². The van der Waals surface area contributed by atoms with Crippen molar-refractivity contribution in [3.63, 3.8) is 0 Å². The summed E-state index contributed by atoms with van der Waals surface area (Å²) < 4.78 is 10.4. The third-order valence-electron chi connectivity index (χ3n) is 3.94. The highest BCUT2D eigenvalue weighted by Gasteiger charge is 2.17. The van der Waals surface area contributed by atoms with Crippen LogP contribution in [-0.4, -0.2) is 32.6 Å². The maximum Gasteiger partial charge on any atom is 0.226 e. The fourth-order valence-corrected chi connectivity index (χ4v) is 2.59. The Labute approximate surface area is 158 Å². The van der Waals surface area contributed by atoms with Gasteiger partial charge in [-0.15, -0.1) is 0 Å². The largest absolute Gasteiger partial charge is 0.497 e. The van der Waals surface area contributed by atoms with Gasteiger partial charge >= 0.3 is 0 Å². The van der Waals surface area contributed by atoms with Crippen molar-refractivity contribution in [2.75, 3.05) is 31.0 Å². The summed E-state index contributed by atoms with van der Waals surface area (Å²) in [6, 6.07) is 13.9. The highest BCUT2D eigenvalue weighted by atomic mass is 16.5. The monoisotopic (exact) mass is 367 g/mol. The number of ether oxygens (including phenoxy) is 2. The third-order valence-corrected chi connectivity index (χ3v) is 3.94. The molecule has 0 saturated heterocycles. The van der Waals surface area contributed by atoms with Gasteiger partial charge in [-0.25, -0.2) is 0 Å². The summed E-state index contributed by atoms with van der Waals surface area (Å²) in [4.78, 5) is 25.8. The quantitative estimate of drug-likeness (QED) is 0.812. The van der Waals surface area contributed by atoms with Crippen molar-refractivity contribution in [3.05, 3.63) is 48.0 Å². The van der Waals surface area contributed by atoms with Crippen molar-refractivity contribution in [1.82, 2.24) is 0 Å². The van der Waals surface area contributed by atoms with Crippen molar-refractivity contribution >= 4 is 23.2 Å². The molecule has 2 aromatic carbocycles. The lowest BCUT2D eigenvalue weighted by atomic mass is 10.1. The summed E-state index contributed by atoms with van der Waals surface area (Å²) in [6.45, 7) is 1.54. The molecule has 0 fully saturated rings. The molecule has 0 aliphatic heterocycles. The lowest BCUT2D eigenvalue weighted by Gasteiger charge is -2.22. The van der Waals surface area contributed by atoms with E-state index in [1.54, 1.807) is 42.5 Å². The van der Waals surface area contributed by atoms with Crippen LogP contribution in [0.4, 0.5) is 11.4 Å². The molecule has 2 aromatic rings. The van der Waals surface area contributed by atoms with E-state index in [-0.39, 0.29) is 24.8 Å². The lowest BCUT2D eigenvalue weighted by Crippen LogP contribution is -2.32. The Kier molecular flexibility index (Phi) is 6.78. The second-order valence-corrected chi connectivity index (χ2v) is 5.66. The van der Waals surface area contributed by atoms with Crippen molar-refractivity contribution in [2.45, 2.75) is 13.3 Å². The van der Waals surface area contributed by atoms with E-state index in [1.165, 1.54) is 26.0 Å². The first-order valence-corrected chi connectivity index (χ1v) is 8.29. The Morgan fingerprint density at radius 2 is 1.89 bits per heavy atom. The van der Waals surface area contributed by atoms with Crippen LogP contribution in [0, 0.1) is 11.3 Å². The Balaban J connectivity index is 2.11. The van der Waals surface area contributed by atoms with Crippen LogP contribution in [0.2, 0.25) is 0 Å². The molecule has 1 N–H and O–H groups in total. The molecule has 2 amide bonds. The first-order chi connectivity index (χ1) is 13.0. The molecule has 0 bridgehead atoms. The van der Waals surface area contributed by atoms with Gasteiger partial charge in [0, 0.05) is 26.0 Å². The number of hydrogen-bond donors (Lipinski definition) is 1. The minimum atomic E-state index is -0.290. The number of methoxy groups -OCH3 is 2. The number of carbonyl (C=O) groups excluding carboxylic acids is 2. The fourth-order valence-electron chi connectivity index (χ4n) is 2.59. The summed E-state index contributed by atoms with van der Waals surface area (Å²) >= 11 is 0. The normalized spacial score (nSPS) is 9.85. The molecular weight excluding hydrogens is 346 g/mol. The number of benzene rings is 2. The van der Waals surface area contributed by atoms with E-state index < -0.39 is 0 Å². The number of para-hydroxylation sites is 1. The third kappa shape index (κ3) is 4.98. The molecule has 7 heteroatoms. The molecule has 0 aliphatic carbocycles. The van der Waals surface area contributed by atoms with E-state index >= 15 is 0 Å². The molecule has 0 heterocycles. The Morgan fingerprint density at radius 3 is 2.52 bits per heavy atom. The van der Waals surface area contributed by atoms with Gasteiger partial charge in [0.25, 0.3) is 0 Å². The van der Waals surface area contributed by atoms with Crippen LogP contribution in [0.15, 0.2) is 42.5 Å². The molecule has 0 unspecified atom stereocenters. The average molecular weight is 367 g/mol. The fraction of sp³-hybridized carbons (Fsp3) is 0.250. The number of nitrogens with one attached hydrogen (secondary N) is 1. The van der Waals surface area contributed by atoms with Crippen LogP contribution in [0.3, 0.4) is 0 Å². The topological polar surface area (TPSA) is 91.7 Å². The predicted molar refractivity (Wildman–Crippen MR) is 102 cm³/mol. The van der Waals surface area contributed by atoms with E-state index in [0.29, 0.717) is 28.4 Å². The predicted octanol–water partition coefficient (Wildman–Crippen LogP) is 2.96. The summed E-state index contributed by atoms with van der Waals surface area (Å²) in [5.74, 6) is 0.550. The molecule has 0 saturated carbocycles. The van der Waals surface area contributed by atoms with Crippen LogP contribution >= 0.6 is 0 Å². The molecule has 140 valence electrons. The molecule has 0 radical (unpaired) electrons. The molecule has 0 spiro atoms. The van der Waals surface area contributed by atoms with E-state index in [9.17, 15) is 14.9 Å². The van der Waals surface area contributed by atoms with Crippen LogP contribution in [0.25, 0.3) is 0 Å². The van der Waals surface area contributed by atoms with E-state index in [2.05, 4.69) is 11.4 Å². The van der Waals surface area contributed by atoms with Crippen LogP contribution in [0.1, 0.15) is 18.9 Å². The number of carbonyl (C=O) groups is 2. The zero-order chi connectivity index (χ0) is 19.8. The van der Waals surface area contributed by atoms with Crippen LogP contribution in [-0.2, 0) is 9.59 Å². The number of rotatable bonds is 7. The second kappa shape index (κ2) is 9.25. The summed E-state index contributed by atoms with van der Waals surface area (Å²) in [5.41, 5.74) is 1.34. The average Bonchev–Trinajstić information content (AvgIpc) is 2.68. The molecular formula is C20H21N3O4. The first-order valence-electron chi connectivity index (χ1n) is 8.29. The number of nitriles is 1. The first kappa shape index (κ1) is 19.8. The Hall–Kier alpha value is -3.53. The van der Waals surface area contributed by atoms with E-state index in [0.717, 1.165) is 0 Å². The second-order valence-electron chi connectivity index (χ2n) is 5.66. The van der Waals surface area contributed by atoms with E-state index in [1.807, 2.05) is 0 Å². The van der Waals surface area contributed by atoms with Crippen molar-refractivity contribution < 1.29 is 19.1 Å². The van der Waals surface area contributed by atoms with Gasteiger partial charge in [-0.3, -0.25) is 9.59 Å². The smallest absolute Gasteiger partial charge is 0.226 e. The number of hydrogen-bond acceptors (Lipinski definition) is 5. The minimum Gasteiger partial charge on any atom is -0.497 e. The van der Waals surface area contributed by atoms with Gasteiger partial charge in [0.05, 0.1) is 31.2 Å². The highest BCUT2D eigenvalue weighted by molar-refractivity contribution is 5.96. The van der Waals surface area contributed by atoms with Gasteiger partial charge in [0.15, 0.2) is 0 Å². The molecule has 27 heavy (non-hydrogen) atoms. The number of anilines is 2. The van der Waals surface area contributed by atoms with Gasteiger partial charge in [-0.2, -0.15) is 5.26 Å². The van der Waals surface area contributed by atoms with E-state index in [4.69, 9.17) is 9.47 Å². The van der Waals surface area contributed by atoms with Crippen LogP contribution < -0.4 is 19.7 Å². The molecule has 7 nitrogen and oxygen atoms in total. The zero-order valence-electron chi connectivity index (χ0n) is 15.5. The molecule has 0 aromatic heterocycles. The molecule has 2 rings (SSSR count). The summed E-state index contributed by atoms with van der Waals surface area (Å²) in [5, 5.41) is 12.0. The SMILES string of the molecule is COc1ccc(OC)c(NC(=O)CCN(C(C)=O)c2ccccc2C#N)c1. The molecule has 0 atom stereocenters. The summed E-state index contributed by atoms with van der Waals surface area (Å²) in [7, 11) is 3.04. The van der Waals surface area contributed by atoms with Gasteiger partial charge in [0.1, 0.15) is 17.6 Å². The minimum absolute atomic E-state index is 0.0553. The van der Waals surface area contributed by atoms with Gasteiger partial charge in [-0.1, -0.05) is 12.1 Å². The Morgan fingerprint density at radius 1 is 1.15 bits per heavy atom. The summed E-state index contributed by atoms with van der Waals surface area (Å²) in [6.07, 6.45) is 0.0553. The standard InChI is InChI=1S/C20H21N3O4/c1-14(24)23(18-7-5-4-6-15(18)13-21)11-10-20(25)22-17-12-16(26-2)8-9-19(17)27-3/h4-9,12H,10-11H2,1-3H3,(H,22,25). The van der Waals surface area contributed by atoms with Gasteiger partial charge in [0.2, 0.25) is 11.8 Å². The Bertz CT molecular complexity index is 874. The lowest BCUT2D eigenvalue weighted by molar-refractivity contribution is -0.117. The van der Waals surface area contributed by atoms with Gasteiger partial charge < -0.3 is 19.7 Å². The number of nitrogens with zero attached hydrogens (tertiary/aromatic N) is 2. The van der Waals surface area contributed by atoms with Crippen molar-refractivity contribution in [2.24, 2.45) is 0 Å². The zero-order valence-corrected chi connectivity index (χ0v) is 15.5. The molecule has 0 aliphatic rings. The maximum atomic E-state index is 12.4. The van der Waals surface area contributed by atoms with Crippen molar-refractivity contribution in [3.8, 4) is 17.6 Å². The highest BCUT2D eigenvalue weighted by Crippen LogP contribution is 2.29. The number of amides is 2. The maximum absolute atomic E-state index is 12.4. The van der Waals surface area contributed by atoms with Gasteiger partial charge in [-0.05, 0) is 24.3 Å².